The Kier molecular flexibility index (Phi) is 5.30. The number of nitrogens with one attached hydrogen (secondary N) is 1. The van der Waals surface area contributed by atoms with Crippen molar-refractivity contribution in [3.8, 4) is 0 Å². The molecule has 2 N–H and O–H groups in total. The van der Waals surface area contributed by atoms with Crippen LogP contribution in [0.5, 0.6) is 0 Å². The number of benzene rings is 1. The minimum absolute atomic E-state index is 0.129. The summed E-state index contributed by atoms with van der Waals surface area (Å²) in [5.74, 6) is -1.09. The van der Waals surface area contributed by atoms with Crippen LogP contribution in [0.15, 0.2) is 24.3 Å². The molecule has 1 fully saturated rings. The number of hydrogen-bond acceptors (Lipinski definition) is 4. The van der Waals surface area contributed by atoms with E-state index in [2.05, 4.69) is 17.1 Å². The van der Waals surface area contributed by atoms with Gasteiger partial charge in [-0.25, -0.2) is 4.79 Å². The Morgan fingerprint density at radius 3 is 2.71 bits per heavy atom. The van der Waals surface area contributed by atoms with Crippen molar-refractivity contribution in [3.63, 3.8) is 0 Å². The fourth-order valence-corrected chi connectivity index (χ4v) is 2.22. The number of likely N-dealkylation sites (N-methyl/N-ethyl adjacent to an activating group) is 1. The van der Waals surface area contributed by atoms with Gasteiger partial charge in [0.2, 0.25) is 0 Å². The summed E-state index contributed by atoms with van der Waals surface area (Å²) in [4.78, 5) is 25.0. The highest BCUT2D eigenvalue weighted by molar-refractivity contribution is 5.87. The van der Waals surface area contributed by atoms with Gasteiger partial charge in [0.15, 0.2) is 0 Å². The fraction of sp³-hybridized carbons (Fsp3) is 0.467. The van der Waals surface area contributed by atoms with Crippen molar-refractivity contribution in [1.29, 1.82) is 0 Å². The number of ether oxygens (including phenoxy) is 1. The summed E-state index contributed by atoms with van der Waals surface area (Å²) >= 11 is 0. The van der Waals surface area contributed by atoms with E-state index in [1.165, 1.54) is 12.1 Å². The van der Waals surface area contributed by atoms with Crippen molar-refractivity contribution in [2.75, 3.05) is 26.2 Å². The number of carboxylic acids is 1. The molecule has 6 heteroatoms. The second-order valence-corrected chi connectivity index (χ2v) is 4.97. The van der Waals surface area contributed by atoms with Crippen molar-refractivity contribution in [1.82, 2.24) is 10.2 Å². The Morgan fingerprint density at radius 1 is 1.38 bits per heavy atom. The predicted octanol–water partition coefficient (Wildman–Crippen LogP) is 0.722. The molecule has 0 saturated carbocycles. The minimum Gasteiger partial charge on any atom is -0.478 e. The van der Waals surface area contributed by atoms with Gasteiger partial charge in [0.1, 0.15) is 6.10 Å². The molecule has 6 nitrogen and oxygen atoms in total. The molecule has 1 aliphatic rings. The molecular weight excluding hydrogens is 272 g/mol. The predicted molar refractivity (Wildman–Crippen MR) is 77.1 cm³/mol. The first kappa shape index (κ1) is 15.5. The Morgan fingerprint density at radius 2 is 2.10 bits per heavy atom. The maximum Gasteiger partial charge on any atom is 0.335 e. The van der Waals surface area contributed by atoms with Gasteiger partial charge in [0, 0.05) is 19.6 Å². The van der Waals surface area contributed by atoms with Crippen LogP contribution in [-0.2, 0) is 16.1 Å². The van der Waals surface area contributed by atoms with Gasteiger partial charge in [-0.3, -0.25) is 9.69 Å². The Labute approximate surface area is 123 Å². The molecule has 114 valence electrons. The summed E-state index contributed by atoms with van der Waals surface area (Å²) < 4.78 is 5.48. The zero-order chi connectivity index (χ0) is 15.2. The van der Waals surface area contributed by atoms with Gasteiger partial charge in [0.25, 0.3) is 5.91 Å². The Balaban J connectivity index is 1.84. The number of rotatable bonds is 5. The second kappa shape index (κ2) is 7.19. The molecule has 1 aromatic carbocycles. The highest BCUT2D eigenvalue weighted by Gasteiger charge is 2.25. The molecule has 0 aliphatic carbocycles. The van der Waals surface area contributed by atoms with Crippen molar-refractivity contribution in [2.24, 2.45) is 0 Å². The largest absolute Gasteiger partial charge is 0.478 e. The van der Waals surface area contributed by atoms with Gasteiger partial charge in [-0.15, -0.1) is 0 Å². The van der Waals surface area contributed by atoms with Gasteiger partial charge in [-0.2, -0.15) is 0 Å². The summed E-state index contributed by atoms with van der Waals surface area (Å²) in [6, 6.07) is 6.45. The number of carbonyl (C=O) groups is 2. The molecular formula is C15H20N2O4. The SMILES string of the molecule is CCN1CCOC(C(=O)NCc2ccc(C(=O)O)cc2)C1. The van der Waals surface area contributed by atoms with Crippen LogP contribution in [0.3, 0.4) is 0 Å². The molecule has 0 radical (unpaired) electrons. The van der Waals surface area contributed by atoms with E-state index in [-0.39, 0.29) is 11.5 Å². The second-order valence-electron chi connectivity index (χ2n) is 4.97. The summed E-state index contributed by atoms with van der Waals surface area (Å²) in [7, 11) is 0. The zero-order valence-corrected chi connectivity index (χ0v) is 12.0. The van der Waals surface area contributed by atoms with Crippen LogP contribution in [0.2, 0.25) is 0 Å². The number of amides is 1. The number of morpholine rings is 1. The Hall–Kier alpha value is -1.92. The van der Waals surface area contributed by atoms with Gasteiger partial charge in [-0.1, -0.05) is 19.1 Å². The van der Waals surface area contributed by atoms with E-state index in [9.17, 15) is 9.59 Å². The zero-order valence-electron chi connectivity index (χ0n) is 12.0. The molecule has 0 aromatic heterocycles. The molecule has 1 saturated heterocycles. The smallest absolute Gasteiger partial charge is 0.335 e. The maximum atomic E-state index is 12.1. The van der Waals surface area contributed by atoms with Gasteiger partial charge < -0.3 is 15.2 Å². The van der Waals surface area contributed by atoms with Crippen LogP contribution in [0.4, 0.5) is 0 Å². The molecule has 21 heavy (non-hydrogen) atoms. The fourth-order valence-electron chi connectivity index (χ4n) is 2.22. The molecule has 1 atom stereocenters. The van der Waals surface area contributed by atoms with E-state index in [4.69, 9.17) is 9.84 Å². The molecule has 1 amide bonds. The third-order valence-corrected chi connectivity index (χ3v) is 3.56. The lowest BCUT2D eigenvalue weighted by molar-refractivity contribution is -0.138. The molecule has 0 spiro atoms. The van der Waals surface area contributed by atoms with Crippen LogP contribution < -0.4 is 5.32 Å². The van der Waals surface area contributed by atoms with Gasteiger partial charge in [0.05, 0.1) is 12.2 Å². The summed E-state index contributed by atoms with van der Waals surface area (Å²) in [5.41, 5.74) is 1.09. The monoisotopic (exact) mass is 292 g/mol. The van der Waals surface area contributed by atoms with Crippen molar-refractivity contribution in [2.45, 2.75) is 19.6 Å². The maximum absolute atomic E-state index is 12.1. The standard InChI is InChI=1S/C15H20N2O4/c1-2-17-7-8-21-13(10-17)14(18)16-9-11-3-5-12(6-4-11)15(19)20/h3-6,13H,2,7-10H2,1H3,(H,16,18)(H,19,20). The molecule has 1 aliphatic heterocycles. The van der Waals surface area contributed by atoms with E-state index < -0.39 is 12.1 Å². The van der Waals surface area contributed by atoms with E-state index in [1.54, 1.807) is 12.1 Å². The van der Waals surface area contributed by atoms with Crippen LogP contribution in [0.25, 0.3) is 0 Å². The molecule has 0 bridgehead atoms. The van der Waals surface area contributed by atoms with Crippen LogP contribution in [0.1, 0.15) is 22.8 Å². The summed E-state index contributed by atoms with van der Waals surface area (Å²) in [6.07, 6.45) is -0.433. The Bertz CT molecular complexity index is 501. The average molecular weight is 292 g/mol. The van der Waals surface area contributed by atoms with E-state index >= 15 is 0 Å². The number of carbonyl (C=O) groups excluding carboxylic acids is 1. The summed E-state index contributed by atoms with van der Waals surface area (Å²) in [5, 5.41) is 11.6. The number of aromatic carboxylic acids is 1. The number of carboxylic acid groups (broad SMARTS) is 1. The first-order valence-corrected chi connectivity index (χ1v) is 7.04. The van der Waals surface area contributed by atoms with E-state index in [0.717, 1.165) is 18.7 Å². The minimum atomic E-state index is -0.958. The lowest BCUT2D eigenvalue weighted by Crippen LogP contribution is -2.49. The lowest BCUT2D eigenvalue weighted by Gasteiger charge is -2.31. The third kappa shape index (κ3) is 4.27. The highest BCUT2D eigenvalue weighted by Crippen LogP contribution is 2.07. The summed E-state index contributed by atoms with van der Waals surface area (Å²) in [6.45, 7) is 5.37. The average Bonchev–Trinajstić information content (AvgIpc) is 2.53. The van der Waals surface area contributed by atoms with Crippen LogP contribution >= 0.6 is 0 Å². The molecule has 1 aromatic rings. The van der Waals surface area contributed by atoms with Crippen LogP contribution in [0, 0.1) is 0 Å². The highest BCUT2D eigenvalue weighted by atomic mass is 16.5. The number of nitrogens with zero attached hydrogens (tertiary/aromatic N) is 1. The molecule has 1 heterocycles. The first-order chi connectivity index (χ1) is 10.1. The lowest BCUT2D eigenvalue weighted by atomic mass is 10.1. The van der Waals surface area contributed by atoms with Crippen molar-refractivity contribution >= 4 is 11.9 Å². The van der Waals surface area contributed by atoms with Crippen LogP contribution in [-0.4, -0.2) is 54.2 Å². The topological polar surface area (TPSA) is 78.9 Å². The van der Waals surface area contributed by atoms with Crippen molar-refractivity contribution < 1.29 is 19.4 Å². The molecule has 2 rings (SSSR count). The van der Waals surface area contributed by atoms with Crippen molar-refractivity contribution in [3.05, 3.63) is 35.4 Å². The normalized spacial score (nSPS) is 19.2. The van der Waals surface area contributed by atoms with E-state index in [1.807, 2.05) is 0 Å². The first-order valence-electron chi connectivity index (χ1n) is 7.04. The number of hydrogen-bond donors (Lipinski definition) is 2. The quantitative estimate of drug-likeness (QED) is 0.836. The molecule has 1 unspecified atom stereocenters. The van der Waals surface area contributed by atoms with E-state index in [0.29, 0.717) is 19.7 Å². The third-order valence-electron chi connectivity index (χ3n) is 3.56. The van der Waals surface area contributed by atoms with Gasteiger partial charge in [-0.05, 0) is 24.2 Å². The van der Waals surface area contributed by atoms with Gasteiger partial charge >= 0.3 is 5.97 Å².